The summed E-state index contributed by atoms with van der Waals surface area (Å²) in [7, 11) is 0. The van der Waals surface area contributed by atoms with E-state index in [0.29, 0.717) is 5.41 Å². The van der Waals surface area contributed by atoms with Crippen molar-refractivity contribution in [1.29, 1.82) is 0 Å². The van der Waals surface area contributed by atoms with Crippen LogP contribution in [0.5, 0.6) is 0 Å². The minimum Gasteiger partial charge on any atom is -0.313 e. The average molecular weight is 241 g/mol. The Bertz CT molecular complexity index is 199. The van der Waals surface area contributed by atoms with E-state index in [1.54, 1.807) is 0 Å². The van der Waals surface area contributed by atoms with Crippen molar-refractivity contribution in [3.05, 3.63) is 0 Å². The Morgan fingerprint density at radius 2 is 1.88 bits per heavy atom. The zero-order valence-corrected chi connectivity index (χ0v) is 11.7. The van der Waals surface area contributed by atoms with Crippen molar-refractivity contribution in [1.82, 2.24) is 5.32 Å². The van der Waals surface area contributed by atoms with E-state index in [4.69, 9.17) is 0 Å². The highest BCUT2D eigenvalue weighted by Crippen LogP contribution is 2.35. The molecule has 0 aromatic heterocycles. The summed E-state index contributed by atoms with van der Waals surface area (Å²) in [4.78, 5) is 0. The average Bonchev–Trinajstić information content (AvgIpc) is 2.29. The summed E-state index contributed by atoms with van der Waals surface area (Å²) in [6, 6.07) is 0.815. The van der Waals surface area contributed by atoms with E-state index in [1.165, 1.54) is 57.2 Å². The van der Waals surface area contributed by atoms with Crippen LogP contribution in [-0.4, -0.2) is 23.6 Å². The number of hydrogen-bond donors (Lipinski definition) is 1. The van der Waals surface area contributed by atoms with Crippen LogP contribution < -0.4 is 5.32 Å². The third-order valence-electron chi connectivity index (χ3n) is 4.25. The van der Waals surface area contributed by atoms with Gasteiger partial charge in [0.1, 0.15) is 0 Å². The van der Waals surface area contributed by atoms with Gasteiger partial charge in [0.25, 0.3) is 0 Å². The first-order chi connectivity index (χ1) is 7.66. The maximum Gasteiger partial charge on any atom is 0.0172 e. The highest BCUT2D eigenvalue weighted by Gasteiger charge is 2.27. The first-order valence-corrected chi connectivity index (χ1v) is 8.06. The highest BCUT2D eigenvalue weighted by atomic mass is 32.2. The van der Waals surface area contributed by atoms with Gasteiger partial charge < -0.3 is 5.32 Å². The molecule has 0 spiro atoms. The SMILES string of the molecule is CC1(C)CCC(NCC2CCCCS2)CC1. The van der Waals surface area contributed by atoms with Crippen molar-refractivity contribution in [2.75, 3.05) is 12.3 Å². The van der Waals surface area contributed by atoms with Gasteiger partial charge in [-0.3, -0.25) is 0 Å². The molecule has 1 aliphatic carbocycles. The smallest absolute Gasteiger partial charge is 0.0172 e. The van der Waals surface area contributed by atoms with Gasteiger partial charge in [-0.15, -0.1) is 0 Å². The summed E-state index contributed by atoms with van der Waals surface area (Å²) >= 11 is 2.19. The van der Waals surface area contributed by atoms with Crippen LogP contribution in [0, 0.1) is 5.41 Å². The molecule has 0 aromatic carbocycles. The van der Waals surface area contributed by atoms with Crippen LogP contribution in [-0.2, 0) is 0 Å². The zero-order chi connectivity index (χ0) is 11.4. The summed E-state index contributed by atoms with van der Waals surface area (Å²) in [6.45, 7) is 6.09. The van der Waals surface area contributed by atoms with Gasteiger partial charge in [0, 0.05) is 17.8 Å². The van der Waals surface area contributed by atoms with Gasteiger partial charge in [-0.25, -0.2) is 0 Å². The highest BCUT2D eigenvalue weighted by molar-refractivity contribution is 7.99. The van der Waals surface area contributed by atoms with Crippen LogP contribution in [0.3, 0.4) is 0 Å². The minimum absolute atomic E-state index is 0.609. The predicted molar refractivity (Wildman–Crippen MR) is 74.1 cm³/mol. The maximum atomic E-state index is 3.81. The normalized spacial score (nSPS) is 31.5. The largest absolute Gasteiger partial charge is 0.313 e. The molecular formula is C14H27NS. The van der Waals surface area contributed by atoms with E-state index in [1.807, 2.05) is 0 Å². The van der Waals surface area contributed by atoms with E-state index in [2.05, 4.69) is 30.9 Å². The number of thioether (sulfide) groups is 1. The zero-order valence-electron chi connectivity index (χ0n) is 10.9. The van der Waals surface area contributed by atoms with Crippen LogP contribution in [0.1, 0.15) is 58.8 Å². The number of nitrogens with one attached hydrogen (secondary N) is 1. The second-order valence-corrected chi connectivity index (χ2v) is 7.74. The Labute approximate surface area is 105 Å². The van der Waals surface area contributed by atoms with E-state index in [-0.39, 0.29) is 0 Å². The monoisotopic (exact) mass is 241 g/mol. The van der Waals surface area contributed by atoms with Crippen molar-refractivity contribution >= 4 is 11.8 Å². The Balaban J connectivity index is 1.63. The molecule has 2 aliphatic rings. The summed E-state index contributed by atoms with van der Waals surface area (Å²) in [6.07, 6.45) is 9.94. The predicted octanol–water partition coefficient (Wildman–Crippen LogP) is 3.83. The Morgan fingerprint density at radius 1 is 1.12 bits per heavy atom. The van der Waals surface area contributed by atoms with Gasteiger partial charge >= 0.3 is 0 Å². The van der Waals surface area contributed by atoms with Crippen LogP contribution in [0.25, 0.3) is 0 Å². The molecule has 1 N–H and O–H groups in total. The topological polar surface area (TPSA) is 12.0 Å². The lowest BCUT2D eigenvalue weighted by molar-refractivity contribution is 0.206. The van der Waals surface area contributed by atoms with Crippen molar-refractivity contribution in [2.45, 2.75) is 70.1 Å². The van der Waals surface area contributed by atoms with Gasteiger partial charge in [-0.1, -0.05) is 20.3 Å². The van der Waals surface area contributed by atoms with E-state index >= 15 is 0 Å². The van der Waals surface area contributed by atoms with Crippen molar-refractivity contribution in [3.63, 3.8) is 0 Å². The lowest BCUT2D eigenvalue weighted by Gasteiger charge is -2.35. The molecule has 94 valence electrons. The van der Waals surface area contributed by atoms with Gasteiger partial charge in [0.2, 0.25) is 0 Å². The fraction of sp³-hybridized carbons (Fsp3) is 1.00. The second kappa shape index (κ2) is 5.77. The minimum atomic E-state index is 0.609. The summed E-state index contributed by atoms with van der Waals surface area (Å²) in [5.41, 5.74) is 0.609. The van der Waals surface area contributed by atoms with Crippen LogP contribution in [0.2, 0.25) is 0 Å². The molecule has 1 saturated heterocycles. The van der Waals surface area contributed by atoms with Crippen LogP contribution in [0.15, 0.2) is 0 Å². The quantitative estimate of drug-likeness (QED) is 0.806. The van der Waals surface area contributed by atoms with E-state index in [0.717, 1.165) is 11.3 Å². The van der Waals surface area contributed by atoms with E-state index < -0.39 is 0 Å². The van der Waals surface area contributed by atoms with Gasteiger partial charge in [-0.05, 0) is 49.7 Å². The lowest BCUT2D eigenvalue weighted by Crippen LogP contribution is -2.39. The Kier molecular flexibility index (Phi) is 4.60. The molecule has 2 rings (SSSR count). The third-order valence-corrected chi connectivity index (χ3v) is 5.65. The third kappa shape index (κ3) is 3.96. The second-order valence-electron chi connectivity index (χ2n) is 6.34. The van der Waals surface area contributed by atoms with Gasteiger partial charge in [0.05, 0.1) is 0 Å². The van der Waals surface area contributed by atoms with Crippen molar-refractivity contribution in [2.24, 2.45) is 5.41 Å². The summed E-state index contributed by atoms with van der Waals surface area (Å²) in [5, 5.41) is 4.71. The van der Waals surface area contributed by atoms with Gasteiger partial charge in [0.15, 0.2) is 0 Å². The van der Waals surface area contributed by atoms with Crippen LogP contribution >= 0.6 is 11.8 Å². The molecule has 2 fully saturated rings. The van der Waals surface area contributed by atoms with Crippen molar-refractivity contribution in [3.8, 4) is 0 Å². The molecule has 1 heterocycles. The Hall–Kier alpha value is 0.310. The molecule has 0 radical (unpaired) electrons. The molecule has 0 amide bonds. The summed E-state index contributed by atoms with van der Waals surface area (Å²) < 4.78 is 0. The van der Waals surface area contributed by atoms with Gasteiger partial charge in [-0.2, -0.15) is 11.8 Å². The molecule has 1 atom stereocenters. The maximum absolute atomic E-state index is 3.81. The molecule has 2 heteroatoms. The molecule has 0 bridgehead atoms. The molecular weight excluding hydrogens is 214 g/mol. The molecule has 0 aromatic rings. The molecule has 1 unspecified atom stereocenters. The summed E-state index contributed by atoms with van der Waals surface area (Å²) in [5.74, 6) is 1.39. The Morgan fingerprint density at radius 3 is 2.50 bits per heavy atom. The van der Waals surface area contributed by atoms with E-state index in [9.17, 15) is 0 Å². The fourth-order valence-corrected chi connectivity index (χ4v) is 4.12. The first-order valence-electron chi connectivity index (χ1n) is 7.01. The molecule has 16 heavy (non-hydrogen) atoms. The lowest BCUT2D eigenvalue weighted by atomic mass is 9.75. The molecule has 1 aliphatic heterocycles. The first kappa shape index (κ1) is 12.8. The standard InChI is InChI=1S/C14H27NS/c1-14(2)8-6-12(7-9-14)15-11-13-5-3-4-10-16-13/h12-13,15H,3-11H2,1-2H3. The molecule has 1 nitrogen and oxygen atoms in total. The van der Waals surface area contributed by atoms with Crippen LogP contribution in [0.4, 0.5) is 0 Å². The fourth-order valence-electron chi connectivity index (χ4n) is 2.87. The number of hydrogen-bond acceptors (Lipinski definition) is 2. The number of rotatable bonds is 3. The van der Waals surface area contributed by atoms with Crippen molar-refractivity contribution < 1.29 is 0 Å². The molecule has 1 saturated carbocycles.